The van der Waals surface area contributed by atoms with Crippen molar-refractivity contribution in [3.8, 4) is 0 Å². The van der Waals surface area contributed by atoms with Gasteiger partial charge >= 0.3 is 0 Å². The Morgan fingerprint density at radius 3 is 2.30 bits per heavy atom. The van der Waals surface area contributed by atoms with Gasteiger partial charge in [0.2, 0.25) is 11.8 Å². The Morgan fingerprint density at radius 1 is 1.00 bits per heavy atom. The van der Waals surface area contributed by atoms with Crippen LogP contribution >= 0.6 is 11.6 Å². The number of halogens is 1. The highest BCUT2D eigenvalue weighted by atomic mass is 35.5. The van der Waals surface area contributed by atoms with Gasteiger partial charge in [0.15, 0.2) is 0 Å². The first-order valence-corrected chi connectivity index (χ1v) is 10.7. The van der Waals surface area contributed by atoms with Crippen molar-refractivity contribution in [1.82, 2.24) is 15.1 Å². The number of carbonyl (C=O) groups is 2. The molecule has 3 rings (SSSR count). The molecular formula is C23H29ClN4O2. The van der Waals surface area contributed by atoms with E-state index in [1.54, 1.807) is 36.2 Å². The van der Waals surface area contributed by atoms with Crippen molar-refractivity contribution in [2.24, 2.45) is 0 Å². The fraction of sp³-hybridized carbons (Fsp3) is 0.391. The molecule has 0 atom stereocenters. The number of nitrogens with one attached hydrogen (secondary N) is 2. The number of piperidine rings is 1. The zero-order chi connectivity index (χ0) is 21.3. The minimum Gasteiger partial charge on any atom is -0.352 e. The van der Waals surface area contributed by atoms with Crippen LogP contribution in [0.25, 0.3) is 0 Å². The van der Waals surface area contributed by atoms with Gasteiger partial charge in [-0.1, -0.05) is 41.9 Å². The van der Waals surface area contributed by atoms with Gasteiger partial charge in [-0.15, -0.1) is 0 Å². The molecule has 2 aromatic carbocycles. The van der Waals surface area contributed by atoms with E-state index in [2.05, 4.69) is 39.8 Å². The first-order valence-electron chi connectivity index (χ1n) is 10.3. The highest BCUT2D eigenvalue weighted by molar-refractivity contribution is 6.30. The van der Waals surface area contributed by atoms with Crippen LogP contribution < -0.4 is 10.6 Å². The van der Waals surface area contributed by atoms with E-state index >= 15 is 0 Å². The number of nitrogens with zero attached hydrogens (tertiary/aromatic N) is 2. The summed E-state index contributed by atoms with van der Waals surface area (Å²) in [6.45, 7) is 3.23. The fourth-order valence-electron chi connectivity index (χ4n) is 3.63. The number of likely N-dealkylation sites (N-methyl/N-ethyl adjacent to an activating group) is 1. The van der Waals surface area contributed by atoms with Crippen LogP contribution in [-0.4, -0.2) is 60.9 Å². The van der Waals surface area contributed by atoms with E-state index in [9.17, 15) is 9.59 Å². The summed E-state index contributed by atoms with van der Waals surface area (Å²) < 4.78 is 0. The topological polar surface area (TPSA) is 64.7 Å². The Bertz CT molecular complexity index is 821. The zero-order valence-electron chi connectivity index (χ0n) is 17.3. The van der Waals surface area contributed by atoms with Gasteiger partial charge in [-0.2, -0.15) is 0 Å². The molecular weight excluding hydrogens is 400 g/mol. The standard InChI is InChI=1S/C23H29ClN4O2/c1-27(16-22(29)25-20-9-7-19(24)8-10-20)17-23(30)26-21-11-13-28(14-12-21)15-18-5-3-2-4-6-18/h2-10,21H,11-17H2,1H3,(H,25,29)(H,26,30). The summed E-state index contributed by atoms with van der Waals surface area (Å²) in [5, 5.41) is 6.53. The van der Waals surface area contributed by atoms with Crippen molar-refractivity contribution in [1.29, 1.82) is 0 Å². The van der Waals surface area contributed by atoms with Crippen LogP contribution in [0.1, 0.15) is 18.4 Å². The predicted octanol–water partition coefficient (Wildman–Crippen LogP) is 2.99. The Morgan fingerprint density at radius 2 is 1.63 bits per heavy atom. The first-order chi connectivity index (χ1) is 14.5. The van der Waals surface area contributed by atoms with Crippen LogP contribution in [0.4, 0.5) is 5.69 Å². The van der Waals surface area contributed by atoms with E-state index in [1.807, 2.05) is 6.07 Å². The molecule has 7 heteroatoms. The van der Waals surface area contributed by atoms with Crippen molar-refractivity contribution in [2.45, 2.75) is 25.4 Å². The second-order valence-electron chi connectivity index (χ2n) is 7.83. The number of rotatable bonds is 8. The Hall–Kier alpha value is -2.41. The van der Waals surface area contributed by atoms with Crippen molar-refractivity contribution >= 4 is 29.1 Å². The molecule has 2 N–H and O–H groups in total. The predicted molar refractivity (Wildman–Crippen MR) is 120 cm³/mol. The molecule has 1 heterocycles. The molecule has 0 aromatic heterocycles. The van der Waals surface area contributed by atoms with Crippen LogP contribution in [0, 0.1) is 0 Å². The number of carbonyl (C=O) groups excluding carboxylic acids is 2. The van der Waals surface area contributed by atoms with E-state index in [1.165, 1.54) is 5.56 Å². The number of hydrogen-bond donors (Lipinski definition) is 2. The lowest BCUT2D eigenvalue weighted by molar-refractivity contribution is -0.123. The molecule has 1 aliphatic heterocycles. The molecule has 2 aromatic rings. The number of likely N-dealkylation sites (tertiary alicyclic amines) is 1. The summed E-state index contributed by atoms with van der Waals surface area (Å²) in [6, 6.07) is 17.6. The highest BCUT2D eigenvalue weighted by Crippen LogP contribution is 2.14. The summed E-state index contributed by atoms with van der Waals surface area (Å²) in [4.78, 5) is 28.6. The largest absolute Gasteiger partial charge is 0.352 e. The van der Waals surface area contributed by atoms with Crippen molar-refractivity contribution in [3.05, 3.63) is 65.2 Å². The molecule has 0 aliphatic carbocycles. The van der Waals surface area contributed by atoms with Gasteiger partial charge in [0.1, 0.15) is 0 Å². The summed E-state index contributed by atoms with van der Waals surface area (Å²) >= 11 is 5.85. The maximum absolute atomic E-state index is 12.4. The smallest absolute Gasteiger partial charge is 0.238 e. The van der Waals surface area contributed by atoms with E-state index in [0.717, 1.165) is 32.5 Å². The van der Waals surface area contributed by atoms with Crippen molar-refractivity contribution in [3.63, 3.8) is 0 Å². The normalized spacial score (nSPS) is 15.2. The first kappa shape index (κ1) is 22.3. The SMILES string of the molecule is CN(CC(=O)Nc1ccc(Cl)cc1)CC(=O)NC1CCN(Cc2ccccc2)CC1. The lowest BCUT2D eigenvalue weighted by Gasteiger charge is -2.32. The van der Waals surface area contributed by atoms with Crippen LogP contribution in [-0.2, 0) is 16.1 Å². The number of hydrogen-bond acceptors (Lipinski definition) is 4. The minimum atomic E-state index is -0.165. The van der Waals surface area contributed by atoms with Crippen molar-refractivity contribution < 1.29 is 9.59 Å². The van der Waals surface area contributed by atoms with Gasteiger partial charge in [-0.25, -0.2) is 0 Å². The number of benzene rings is 2. The molecule has 1 fully saturated rings. The summed E-state index contributed by atoms with van der Waals surface area (Å²) in [6.07, 6.45) is 1.89. The van der Waals surface area contributed by atoms with E-state index in [-0.39, 0.29) is 30.9 Å². The number of anilines is 1. The summed E-state index contributed by atoms with van der Waals surface area (Å²) in [7, 11) is 1.77. The van der Waals surface area contributed by atoms with E-state index < -0.39 is 0 Å². The Labute approximate surface area is 183 Å². The van der Waals surface area contributed by atoms with Crippen LogP contribution in [0.3, 0.4) is 0 Å². The van der Waals surface area contributed by atoms with Crippen LogP contribution in [0.2, 0.25) is 5.02 Å². The molecule has 6 nitrogen and oxygen atoms in total. The summed E-state index contributed by atoms with van der Waals surface area (Å²) in [5.41, 5.74) is 2.00. The summed E-state index contributed by atoms with van der Waals surface area (Å²) in [5.74, 6) is -0.208. The van der Waals surface area contributed by atoms with Crippen LogP contribution in [0.15, 0.2) is 54.6 Å². The number of amides is 2. The minimum absolute atomic E-state index is 0.0432. The average molecular weight is 429 g/mol. The lowest BCUT2D eigenvalue weighted by atomic mass is 10.0. The van der Waals surface area contributed by atoms with Gasteiger partial charge < -0.3 is 10.6 Å². The van der Waals surface area contributed by atoms with Gasteiger partial charge in [0, 0.05) is 36.4 Å². The fourth-order valence-corrected chi connectivity index (χ4v) is 3.76. The van der Waals surface area contributed by atoms with Crippen LogP contribution in [0.5, 0.6) is 0 Å². The van der Waals surface area contributed by atoms with Gasteiger partial charge in [-0.3, -0.25) is 19.4 Å². The molecule has 0 bridgehead atoms. The van der Waals surface area contributed by atoms with Gasteiger partial charge in [0.25, 0.3) is 0 Å². The van der Waals surface area contributed by atoms with E-state index in [4.69, 9.17) is 11.6 Å². The Balaban J connectivity index is 1.34. The van der Waals surface area contributed by atoms with E-state index in [0.29, 0.717) is 10.7 Å². The average Bonchev–Trinajstić information content (AvgIpc) is 2.71. The second-order valence-corrected chi connectivity index (χ2v) is 8.27. The molecule has 0 radical (unpaired) electrons. The maximum atomic E-state index is 12.4. The van der Waals surface area contributed by atoms with Gasteiger partial charge in [0.05, 0.1) is 13.1 Å². The third-order valence-corrected chi connectivity index (χ3v) is 5.41. The van der Waals surface area contributed by atoms with Gasteiger partial charge in [-0.05, 0) is 49.7 Å². The molecule has 2 amide bonds. The molecule has 0 saturated carbocycles. The molecule has 1 aliphatic rings. The third-order valence-electron chi connectivity index (χ3n) is 5.16. The Kier molecular flexibility index (Phi) is 8.25. The monoisotopic (exact) mass is 428 g/mol. The third kappa shape index (κ3) is 7.44. The molecule has 0 unspecified atom stereocenters. The molecule has 0 spiro atoms. The molecule has 30 heavy (non-hydrogen) atoms. The zero-order valence-corrected chi connectivity index (χ0v) is 18.1. The molecule has 1 saturated heterocycles. The highest BCUT2D eigenvalue weighted by Gasteiger charge is 2.21. The maximum Gasteiger partial charge on any atom is 0.238 e. The second kappa shape index (κ2) is 11.1. The van der Waals surface area contributed by atoms with Crippen molar-refractivity contribution in [2.75, 3.05) is 38.5 Å². The lowest BCUT2D eigenvalue weighted by Crippen LogP contribution is -2.47. The molecule has 160 valence electrons. The quantitative estimate of drug-likeness (QED) is 0.678.